The van der Waals surface area contributed by atoms with E-state index in [0.29, 0.717) is 6.04 Å². The van der Waals surface area contributed by atoms with E-state index in [0.717, 1.165) is 19.6 Å². The van der Waals surface area contributed by atoms with Crippen molar-refractivity contribution >= 4 is 12.4 Å². The van der Waals surface area contributed by atoms with Gasteiger partial charge in [-0.2, -0.15) is 5.10 Å². The van der Waals surface area contributed by atoms with Crippen LogP contribution >= 0.6 is 12.4 Å². The number of nitrogens with one attached hydrogen (secondary N) is 2. The monoisotopic (exact) mass is 230 g/mol. The number of likely N-dealkylation sites (N-methyl/N-ethyl adjacent to an activating group) is 1. The fourth-order valence-corrected chi connectivity index (χ4v) is 1.95. The van der Waals surface area contributed by atoms with Crippen LogP contribution in [0.3, 0.4) is 0 Å². The van der Waals surface area contributed by atoms with Gasteiger partial charge in [-0.05, 0) is 26.9 Å². The smallest absolute Gasteiger partial charge is 0.0535 e. The van der Waals surface area contributed by atoms with Crippen molar-refractivity contribution in [2.24, 2.45) is 0 Å². The Hall–Kier alpha value is -0.580. The van der Waals surface area contributed by atoms with Crippen LogP contribution in [-0.2, 0) is 6.54 Å². The first-order chi connectivity index (χ1) is 6.77. The molecule has 86 valence electrons. The molecule has 1 unspecified atom stereocenters. The third kappa shape index (κ3) is 2.93. The zero-order chi connectivity index (χ0) is 9.97. The maximum atomic E-state index is 4.03. The van der Waals surface area contributed by atoms with Gasteiger partial charge >= 0.3 is 0 Å². The van der Waals surface area contributed by atoms with Gasteiger partial charge in [0, 0.05) is 30.4 Å². The number of nitrogens with zero attached hydrogens (tertiary/aromatic N) is 2. The first kappa shape index (κ1) is 12.5. The minimum absolute atomic E-state index is 0. The Morgan fingerprint density at radius 2 is 2.40 bits per heavy atom. The molecular formula is C10H19ClN4. The zero-order valence-electron chi connectivity index (χ0n) is 9.29. The Morgan fingerprint density at radius 3 is 2.93 bits per heavy atom. The van der Waals surface area contributed by atoms with E-state index in [-0.39, 0.29) is 12.4 Å². The van der Waals surface area contributed by atoms with Crippen LogP contribution in [0.1, 0.15) is 17.7 Å². The topological polar surface area (TPSA) is 44.0 Å². The Bertz CT molecular complexity index is 293. The molecule has 0 radical (unpaired) electrons. The lowest BCUT2D eigenvalue weighted by Crippen LogP contribution is -2.32. The molecule has 1 saturated heterocycles. The molecule has 0 aliphatic carbocycles. The predicted molar refractivity (Wildman–Crippen MR) is 63.3 cm³/mol. The van der Waals surface area contributed by atoms with Crippen molar-refractivity contribution < 1.29 is 0 Å². The number of rotatable bonds is 3. The standard InChI is InChI=1S/C10H18N4.ClH/c1-8-9(5-12-13-8)7-14(2)10-3-4-11-6-10;/h5,10-11H,3-4,6-7H2,1-2H3,(H,12,13);1H. The van der Waals surface area contributed by atoms with Crippen LogP contribution in [0.5, 0.6) is 0 Å². The van der Waals surface area contributed by atoms with E-state index in [1.165, 1.54) is 17.7 Å². The molecule has 1 fully saturated rings. The van der Waals surface area contributed by atoms with Crippen LogP contribution in [0.2, 0.25) is 0 Å². The van der Waals surface area contributed by atoms with Crippen LogP contribution in [-0.4, -0.2) is 41.3 Å². The maximum absolute atomic E-state index is 4.03. The minimum Gasteiger partial charge on any atom is -0.315 e. The second-order valence-corrected chi connectivity index (χ2v) is 4.08. The molecule has 2 N–H and O–H groups in total. The first-order valence-corrected chi connectivity index (χ1v) is 5.17. The summed E-state index contributed by atoms with van der Waals surface area (Å²) in [5, 5.41) is 10.4. The van der Waals surface area contributed by atoms with Crippen LogP contribution in [0.25, 0.3) is 0 Å². The molecule has 2 rings (SSSR count). The minimum atomic E-state index is 0. The maximum Gasteiger partial charge on any atom is 0.0535 e. The highest BCUT2D eigenvalue weighted by Crippen LogP contribution is 2.12. The molecule has 2 heterocycles. The number of aryl methyl sites for hydroxylation is 1. The molecule has 0 aromatic carbocycles. The Balaban J connectivity index is 0.00000112. The van der Waals surface area contributed by atoms with Gasteiger partial charge in [0.25, 0.3) is 0 Å². The van der Waals surface area contributed by atoms with Crippen molar-refractivity contribution in [1.29, 1.82) is 0 Å². The molecular weight excluding hydrogens is 212 g/mol. The summed E-state index contributed by atoms with van der Waals surface area (Å²) in [5.41, 5.74) is 2.49. The molecule has 4 nitrogen and oxygen atoms in total. The average molecular weight is 231 g/mol. The van der Waals surface area contributed by atoms with Crippen molar-refractivity contribution in [2.45, 2.75) is 25.9 Å². The Kier molecular flexibility index (Phi) is 4.57. The van der Waals surface area contributed by atoms with Gasteiger partial charge in [0.15, 0.2) is 0 Å². The molecule has 1 aliphatic heterocycles. The third-order valence-corrected chi connectivity index (χ3v) is 3.01. The van der Waals surface area contributed by atoms with E-state index in [1.54, 1.807) is 0 Å². The fourth-order valence-electron chi connectivity index (χ4n) is 1.95. The first-order valence-electron chi connectivity index (χ1n) is 5.17. The second-order valence-electron chi connectivity index (χ2n) is 4.08. The van der Waals surface area contributed by atoms with E-state index in [1.807, 2.05) is 6.20 Å². The fraction of sp³-hybridized carbons (Fsp3) is 0.700. The lowest BCUT2D eigenvalue weighted by Gasteiger charge is -2.22. The second kappa shape index (κ2) is 5.49. The van der Waals surface area contributed by atoms with E-state index in [9.17, 15) is 0 Å². The quantitative estimate of drug-likeness (QED) is 0.812. The van der Waals surface area contributed by atoms with Gasteiger partial charge in [-0.15, -0.1) is 12.4 Å². The molecule has 0 amide bonds. The summed E-state index contributed by atoms with van der Waals surface area (Å²) in [4.78, 5) is 2.40. The third-order valence-electron chi connectivity index (χ3n) is 3.01. The number of H-pyrrole nitrogens is 1. The van der Waals surface area contributed by atoms with Crippen molar-refractivity contribution in [1.82, 2.24) is 20.4 Å². The number of aromatic nitrogens is 2. The van der Waals surface area contributed by atoms with Gasteiger partial charge in [-0.1, -0.05) is 0 Å². The summed E-state index contributed by atoms with van der Waals surface area (Å²) >= 11 is 0. The molecule has 0 saturated carbocycles. The van der Waals surface area contributed by atoms with Crippen molar-refractivity contribution in [3.8, 4) is 0 Å². The van der Waals surface area contributed by atoms with Crippen LogP contribution in [0.15, 0.2) is 6.20 Å². The van der Waals surface area contributed by atoms with Gasteiger partial charge in [0.1, 0.15) is 0 Å². The van der Waals surface area contributed by atoms with Crippen LogP contribution in [0.4, 0.5) is 0 Å². The number of halogens is 1. The van der Waals surface area contributed by atoms with E-state index >= 15 is 0 Å². The SMILES string of the molecule is Cc1[nH]ncc1CN(C)C1CCNC1.Cl. The molecule has 1 aliphatic rings. The zero-order valence-corrected chi connectivity index (χ0v) is 10.1. The van der Waals surface area contributed by atoms with Crippen molar-refractivity contribution in [3.05, 3.63) is 17.5 Å². The van der Waals surface area contributed by atoms with Gasteiger partial charge in [0.05, 0.1) is 6.20 Å². The van der Waals surface area contributed by atoms with Crippen LogP contribution in [0, 0.1) is 6.92 Å². The highest BCUT2D eigenvalue weighted by molar-refractivity contribution is 5.85. The molecule has 15 heavy (non-hydrogen) atoms. The van der Waals surface area contributed by atoms with E-state index in [2.05, 4.69) is 34.4 Å². The highest BCUT2D eigenvalue weighted by Gasteiger charge is 2.19. The van der Waals surface area contributed by atoms with Gasteiger partial charge in [0.2, 0.25) is 0 Å². The van der Waals surface area contributed by atoms with Gasteiger partial charge in [-0.3, -0.25) is 10.00 Å². The van der Waals surface area contributed by atoms with Crippen molar-refractivity contribution in [2.75, 3.05) is 20.1 Å². The molecule has 1 aromatic heterocycles. The molecule has 0 spiro atoms. The lowest BCUT2D eigenvalue weighted by molar-refractivity contribution is 0.248. The van der Waals surface area contributed by atoms with Crippen molar-refractivity contribution in [3.63, 3.8) is 0 Å². The average Bonchev–Trinajstić information content (AvgIpc) is 2.77. The predicted octanol–water partition coefficient (Wildman–Crippen LogP) is 0.934. The largest absolute Gasteiger partial charge is 0.315 e. The summed E-state index contributed by atoms with van der Waals surface area (Å²) in [6.45, 7) is 5.34. The summed E-state index contributed by atoms with van der Waals surface area (Å²) in [6.07, 6.45) is 3.18. The highest BCUT2D eigenvalue weighted by atomic mass is 35.5. The van der Waals surface area contributed by atoms with Gasteiger partial charge < -0.3 is 5.32 Å². The number of hydrogen-bond acceptors (Lipinski definition) is 3. The Labute approximate surface area is 96.8 Å². The number of aromatic amines is 1. The molecule has 1 atom stereocenters. The summed E-state index contributed by atoms with van der Waals surface area (Å²) in [6, 6.07) is 0.685. The van der Waals surface area contributed by atoms with Gasteiger partial charge in [-0.25, -0.2) is 0 Å². The molecule has 1 aromatic rings. The summed E-state index contributed by atoms with van der Waals surface area (Å²) in [5.74, 6) is 0. The molecule has 5 heteroatoms. The lowest BCUT2D eigenvalue weighted by atomic mass is 10.2. The van der Waals surface area contributed by atoms with E-state index < -0.39 is 0 Å². The Morgan fingerprint density at radius 1 is 1.60 bits per heavy atom. The normalized spacial score (nSPS) is 20.6. The van der Waals surface area contributed by atoms with Crippen LogP contribution < -0.4 is 5.32 Å². The molecule has 0 bridgehead atoms. The number of hydrogen-bond donors (Lipinski definition) is 2. The summed E-state index contributed by atoms with van der Waals surface area (Å²) < 4.78 is 0. The van der Waals surface area contributed by atoms with E-state index in [4.69, 9.17) is 0 Å². The summed E-state index contributed by atoms with van der Waals surface area (Å²) in [7, 11) is 2.18.